The largest absolute Gasteiger partial charge is 0.268 e. The number of rotatable bonds is 1. The third-order valence-corrected chi connectivity index (χ3v) is 3.63. The summed E-state index contributed by atoms with van der Waals surface area (Å²) < 4.78 is 1.94. The average molecular weight is 254 g/mol. The summed E-state index contributed by atoms with van der Waals surface area (Å²) in [6, 6.07) is 11.9. The maximum Gasteiger partial charge on any atom is 0.264 e. The minimum Gasteiger partial charge on any atom is -0.268 e. The summed E-state index contributed by atoms with van der Waals surface area (Å²) in [6.45, 7) is 4.47. The Bertz CT molecular complexity index is 674. The van der Waals surface area contributed by atoms with E-state index in [1.165, 1.54) is 0 Å². The number of hydrogen-bond acceptors (Lipinski definition) is 1. The molecule has 1 aliphatic heterocycles. The highest BCUT2D eigenvalue weighted by atomic mass is 16.1. The van der Waals surface area contributed by atoms with Crippen LogP contribution in [0.5, 0.6) is 0 Å². The van der Waals surface area contributed by atoms with E-state index in [4.69, 9.17) is 0 Å². The first-order chi connectivity index (χ1) is 9.05. The smallest absolute Gasteiger partial charge is 0.264 e. The third kappa shape index (κ3) is 2.28. The van der Waals surface area contributed by atoms with E-state index in [1.807, 2.05) is 22.9 Å². The second-order valence-electron chi connectivity index (χ2n) is 5.95. The van der Waals surface area contributed by atoms with E-state index in [1.54, 1.807) is 6.07 Å². The third-order valence-electron chi connectivity index (χ3n) is 3.63. The normalized spacial score (nSPS) is 17.5. The lowest BCUT2D eigenvalue weighted by atomic mass is 9.85. The second-order valence-corrected chi connectivity index (χ2v) is 5.95. The van der Waals surface area contributed by atoms with Gasteiger partial charge in [-0.2, -0.15) is 0 Å². The van der Waals surface area contributed by atoms with E-state index in [0.29, 0.717) is 0 Å². The van der Waals surface area contributed by atoms with Gasteiger partial charge >= 0.3 is 0 Å². The molecule has 1 aliphatic rings. The van der Waals surface area contributed by atoms with Crippen molar-refractivity contribution in [3.8, 4) is 0 Å². The van der Waals surface area contributed by atoms with Gasteiger partial charge in [0.25, 0.3) is 5.56 Å². The molecule has 2 aromatic rings. The van der Waals surface area contributed by atoms with Crippen LogP contribution in [0.2, 0.25) is 0 Å². The summed E-state index contributed by atoms with van der Waals surface area (Å²) in [4.78, 5) is 11.7. The van der Waals surface area contributed by atoms with Crippen LogP contribution in [-0.2, 0) is 6.42 Å². The van der Waals surface area contributed by atoms with Gasteiger partial charge in [0.2, 0.25) is 0 Å². The Kier molecular flexibility index (Phi) is 2.70. The van der Waals surface area contributed by atoms with Crippen molar-refractivity contribution in [2.45, 2.75) is 26.7 Å². The van der Waals surface area contributed by atoms with Gasteiger partial charge in [-0.1, -0.05) is 50.3 Å². The minimum atomic E-state index is -0.0328. The summed E-state index contributed by atoms with van der Waals surface area (Å²) in [6.07, 6.45) is 4.13. The van der Waals surface area contributed by atoms with E-state index >= 15 is 0 Å². The van der Waals surface area contributed by atoms with Gasteiger partial charge in [-0.25, -0.2) is 0 Å². The molecule has 0 saturated carbocycles. The number of nitrogens with one attached hydrogen (secondary N) is 1. The summed E-state index contributed by atoms with van der Waals surface area (Å²) >= 11 is 0. The zero-order valence-electron chi connectivity index (χ0n) is 11.3. The Morgan fingerprint density at radius 3 is 2.68 bits per heavy atom. The maximum absolute atomic E-state index is 11.7. The number of allylic oxidation sites excluding steroid dienone is 1. The quantitative estimate of drug-likeness (QED) is 0.834. The fraction of sp³-hybridized carbons (Fsp3) is 0.312. The highest BCUT2D eigenvalue weighted by Gasteiger charge is 2.25. The van der Waals surface area contributed by atoms with Gasteiger partial charge < -0.3 is 0 Å². The Labute approximate surface area is 112 Å². The van der Waals surface area contributed by atoms with Crippen molar-refractivity contribution in [3.63, 3.8) is 0 Å². The Hall–Kier alpha value is -2.03. The van der Waals surface area contributed by atoms with Crippen LogP contribution in [0.15, 0.2) is 47.3 Å². The van der Waals surface area contributed by atoms with Crippen molar-refractivity contribution in [3.05, 3.63) is 64.1 Å². The monoisotopic (exact) mass is 254 g/mol. The lowest BCUT2D eigenvalue weighted by Crippen LogP contribution is -2.14. The topological polar surface area (TPSA) is 37.8 Å². The molecule has 19 heavy (non-hydrogen) atoms. The summed E-state index contributed by atoms with van der Waals surface area (Å²) in [7, 11) is 0. The van der Waals surface area contributed by atoms with Crippen LogP contribution < -0.4 is 5.56 Å². The van der Waals surface area contributed by atoms with Crippen LogP contribution >= 0.6 is 0 Å². The summed E-state index contributed by atoms with van der Waals surface area (Å²) in [5.41, 5.74) is 3.40. The number of benzene rings is 1. The van der Waals surface area contributed by atoms with Crippen molar-refractivity contribution in [1.29, 1.82) is 0 Å². The predicted octanol–water partition coefficient (Wildman–Crippen LogP) is 3.04. The van der Waals surface area contributed by atoms with Crippen molar-refractivity contribution in [1.82, 2.24) is 9.78 Å². The molecular weight excluding hydrogens is 236 g/mol. The Morgan fingerprint density at radius 2 is 1.95 bits per heavy atom. The minimum absolute atomic E-state index is 0.0328. The molecule has 2 heterocycles. The Morgan fingerprint density at radius 1 is 1.21 bits per heavy atom. The number of aromatic nitrogens is 2. The lowest BCUT2D eigenvalue weighted by molar-refractivity contribution is 0.367. The van der Waals surface area contributed by atoms with E-state index in [0.717, 1.165) is 29.8 Å². The predicted molar refractivity (Wildman–Crippen MR) is 77.0 cm³/mol. The SMILES string of the molecule is CC1(C)CC=C(c2ccccc2)n2[nH]c(=O)cc2C1. The molecule has 0 fully saturated rings. The van der Waals surface area contributed by atoms with Gasteiger partial charge in [0.1, 0.15) is 0 Å². The number of nitrogens with zero attached hydrogens (tertiary/aromatic N) is 1. The summed E-state index contributed by atoms with van der Waals surface area (Å²) in [5, 5.41) is 2.92. The standard InChI is InChI=1S/C16H18N2O/c1-16(2)9-8-14(12-6-4-3-5-7-12)18-13(11-16)10-15(19)17-18/h3-8,10H,9,11H2,1-2H3,(H,17,19). The lowest BCUT2D eigenvalue weighted by Gasteiger charge is -2.20. The number of aromatic amines is 1. The fourth-order valence-corrected chi connectivity index (χ4v) is 2.66. The average Bonchev–Trinajstić information content (AvgIpc) is 2.65. The molecule has 0 unspecified atom stereocenters. The molecule has 1 N–H and O–H groups in total. The van der Waals surface area contributed by atoms with Gasteiger partial charge in [-0.05, 0) is 23.8 Å². The van der Waals surface area contributed by atoms with Gasteiger partial charge in [0.15, 0.2) is 0 Å². The molecule has 3 nitrogen and oxygen atoms in total. The van der Waals surface area contributed by atoms with E-state index in [-0.39, 0.29) is 11.0 Å². The first kappa shape index (κ1) is 12.0. The maximum atomic E-state index is 11.7. The highest BCUT2D eigenvalue weighted by molar-refractivity contribution is 5.66. The molecule has 0 spiro atoms. The molecule has 3 heteroatoms. The molecule has 0 radical (unpaired) electrons. The molecule has 0 aliphatic carbocycles. The van der Waals surface area contributed by atoms with Crippen molar-refractivity contribution in [2.24, 2.45) is 5.41 Å². The summed E-state index contributed by atoms with van der Waals surface area (Å²) in [5.74, 6) is 0. The molecular formula is C16H18N2O. The van der Waals surface area contributed by atoms with Gasteiger partial charge in [-0.3, -0.25) is 14.6 Å². The first-order valence-electron chi connectivity index (χ1n) is 6.62. The second kappa shape index (κ2) is 4.26. The van der Waals surface area contributed by atoms with E-state index in [9.17, 15) is 4.79 Å². The van der Waals surface area contributed by atoms with Gasteiger partial charge in [-0.15, -0.1) is 0 Å². The van der Waals surface area contributed by atoms with Crippen LogP contribution in [0.3, 0.4) is 0 Å². The molecule has 0 saturated heterocycles. The van der Waals surface area contributed by atoms with Gasteiger partial charge in [0, 0.05) is 11.8 Å². The molecule has 0 atom stereocenters. The van der Waals surface area contributed by atoms with Gasteiger partial charge in [0.05, 0.1) is 5.70 Å². The van der Waals surface area contributed by atoms with Crippen molar-refractivity contribution < 1.29 is 0 Å². The van der Waals surface area contributed by atoms with Crippen LogP contribution in [0.25, 0.3) is 5.70 Å². The zero-order chi connectivity index (χ0) is 13.5. The van der Waals surface area contributed by atoms with Crippen LogP contribution in [-0.4, -0.2) is 9.78 Å². The van der Waals surface area contributed by atoms with E-state index < -0.39 is 0 Å². The molecule has 1 aromatic heterocycles. The molecule has 1 aromatic carbocycles. The fourth-order valence-electron chi connectivity index (χ4n) is 2.66. The Balaban J connectivity index is 2.19. The van der Waals surface area contributed by atoms with E-state index in [2.05, 4.69) is 37.2 Å². The molecule has 98 valence electrons. The van der Waals surface area contributed by atoms with Crippen LogP contribution in [0.4, 0.5) is 0 Å². The molecule has 3 rings (SSSR count). The van der Waals surface area contributed by atoms with Crippen LogP contribution in [0, 0.1) is 5.41 Å². The van der Waals surface area contributed by atoms with Crippen molar-refractivity contribution >= 4 is 5.70 Å². The zero-order valence-corrected chi connectivity index (χ0v) is 11.3. The van der Waals surface area contributed by atoms with Crippen molar-refractivity contribution in [2.75, 3.05) is 0 Å². The number of hydrogen-bond donors (Lipinski definition) is 1. The number of H-pyrrole nitrogens is 1. The first-order valence-corrected chi connectivity index (χ1v) is 6.62. The molecule has 0 bridgehead atoms. The van der Waals surface area contributed by atoms with Crippen LogP contribution in [0.1, 0.15) is 31.5 Å². The molecule has 0 amide bonds. The number of fused-ring (bicyclic) bond motifs is 1. The highest BCUT2D eigenvalue weighted by Crippen LogP contribution is 2.32.